The maximum absolute atomic E-state index is 2.40. The average molecular weight is 396 g/mol. The van der Waals surface area contributed by atoms with E-state index in [0.717, 1.165) is 11.4 Å². The van der Waals surface area contributed by atoms with Gasteiger partial charge in [0, 0.05) is 22.1 Å². The Morgan fingerprint density at radius 2 is 0.903 bits per heavy atom. The first-order valence-electron chi connectivity index (χ1n) is 10.6. The smallest absolute Gasteiger partial charge is 0.0618 e. The van der Waals surface area contributed by atoms with Gasteiger partial charge in [-0.15, -0.1) is 0 Å². The normalized spacial score (nSPS) is 11.2. The lowest BCUT2D eigenvalue weighted by molar-refractivity contribution is 1.32. The van der Waals surface area contributed by atoms with E-state index >= 15 is 0 Å². The Morgan fingerprint density at radius 1 is 0.355 bits per heavy atom. The molecule has 6 rings (SSSR count). The molecule has 6 aromatic carbocycles. The van der Waals surface area contributed by atoms with Gasteiger partial charge in [0.1, 0.15) is 0 Å². The fourth-order valence-electron chi connectivity index (χ4n) is 4.53. The highest BCUT2D eigenvalue weighted by molar-refractivity contribution is 6.14. The zero-order valence-electron chi connectivity index (χ0n) is 17.1. The lowest BCUT2D eigenvalue weighted by Crippen LogP contribution is -2.11. The number of benzene rings is 6. The van der Waals surface area contributed by atoms with Crippen molar-refractivity contribution in [2.24, 2.45) is 0 Å². The summed E-state index contributed by atoms with van der Waals surface area (Å²) in [6.45, 7) is 0. The van der Waals surface area contributed by atoms with Crippen LogP contribution in [-0.2, 0) is 0 Å². The molecule has 0 aliphatic rings. The van der Waals surface area contributed by atoms with Crippen molar-refractivity contribution in [1.82, 2.24) is 0 Å². The number of hydrogen-bond acceptors (Lipinski definition) is 1. The van der Waals surface area contributed by atoms with Crippen LogP contribution in [-0.4, -0.2) is 0 Å². The number of hydrogen-bond donors (Lipinski definition) is 0. The summed E-state index contributed by atoms with van der Waals surface area (Å²) in [5.41, 5.74) is 3.53. The Balaban J connectivity index is 1.73. The first-order valence-corrected chi connectivity index (χ1v) is 10.6. The summed E-state index contributed by atoms with van der Waals surface area (Å²) in [4.78, 5) is 2.40. The molecule has 0 radical (unpaired) electrons. The molecular weight excluding hydrogens is 374 g/mol. The van der Waals surface area contributed by atoms with Crippen LogP contribution in [0.4, 0.5) is 17.1 Å². The van der Waals surface area contributed by atoms with Crippen LogP contribution in [0.3, 0.4) is 0 Å². The van der Waals surface area contributed by atoms with Crippen molar-refractivity contribution in [2.75, 3.05) is 4.90 Å². The van der Waals surface area contributed by atoms with E-state index in [1.54, 1.807) is 0 Å². The summed E-state index contributed by atoms with van der Waals surface area (Å²) in [7, 11) is 0. The maximum atomic E-state index is 2.40. The second-order valence-corrected chi connectivity index (χ2v) is 7.87. The molecule has 1 nitrogen and oxygen atoms in total. The molecule has 146 valence electrons. The summed E-state index contributed by atoms with van der Waals surface area (Å²) in [6, 6.07) is 45.6. The molecule has 1 heteroatoms. The first-order chi connectivity index (χ1) is 15.4. The van der Waals surface area contributed by atoms with E-state index in [9.17, 15) is 0 Å². The van der Waals surface area contributed by atoms with Crippen molar-refractivity contribution in [3.63, 3.8) is 0 Å². The average Bonchev–Trinajstić information content (AvgIpc) is 2.84. The summed E-state index contributed by atoms with van der Waals surface area (Å²) < 4.78 is 0. The van der Waals surface area contributed by atoms with Gasteiger partial charge in [0.25, 0.3) is 0 Å². The molecule has 0 spiro atoms. The van der Waals surface area contributed by atoms with E-state index in [1.165, 1.54) is 38.0 Å². The molecule has 31 heavy (non-hydrogen) atoms. The summed E-state index contributed by atoms with van der Waals surface area (Å²) in [6.07, 6.45) is 0. The number of fused-ring (bicyclic) bond motifs is 3. The van der Waals surface area contributed by atoms with Crippen LogP contribution in [0, 0.1) is 0 Å². The maximum Gasteiger partial charge on any atom is 0.0618 e. The second-order valence-electron chi connectivity index (χ2n) is 7.87. The quantitative estimate of drug-likeness (QED) is 0.271. The molecule has 0 N–H and O–H groups in total. The Kier molecular flexibility index (Phi) is 4.18. The highest BCUT2D eigenvalue weighted by Gasteiger charge is 2.18. The zero-order chi connectivity index (χ0) is 20.6. The Morgan fingerprint density at radius 3 is 1.58 bits per heavy atom. The SMILES string of the molecule is c1ccc(N(c2ccc3ccccc3c2)c2c3ccccc3cc3ccccc23)cc1. The third-order valence-electron chi connectivity index (χ3n) is 5.97. The minimum absolute atomic E-state index is 1.15. The molecule has 0 amide bonds. The van der Waals surface area contributed by atoms with Gasteiger partial charge in [-0.3, -0.25) is 0 Å². The number of anilines is 3. The summed E-state index contributed by atoms with van der Waals surface area (Å²) >= 11 is 0. The lowest BCUT2D eigenvalue weighted by Gasteiger charge is -2.28. The van der Waals surface area contributed by atoms with Crippen LogP contribution in [0.5, 0.6) is 0 Å². The number of rotatable bonds is 3. The highest BCUT2D eigenvalue weighted by atomic mass is 15.1. The van der Waals surface area contributed by atoms with E-state index in [-0.39, 0.29) is 0 Å². The van der Waals surface area contributed by atoms with Crippen molar-refractivity contribution in [3.8, 4) is 0 Å². The molecule has 0 bridgehead atoms. The van der Waals surface area contributed by atoms with Gasteiger partial charge in [0.2, 0.25) is 0 Å². The molecule has 6 aromatic rings. The van der Waals surface area contributed by atoms with Crippen LogP contribution in [0.1, 0.15) is 0 Å². The molecule has 0 aromatic heterocycles. The first kappa shape index (κ1) is 17.7. The third-order valence-corrected chi connectivity index (χ3v) is 5.97. The second kappa shape index (κ2) is 7.30. The van der Waals surface area contributed by atoms with E-state index in [2.05, 4.69) is 132 Å². The monoisotopic (exact) mass is 395 g/mol. The molecular formula is C30H21N. The molecule has 0 saturated heterocycles. The van der Waals surface area contributed by atoms with Crippen LogP contribution < -0.4 is 4.90 Å². The zero-order valence-corrected chi connectivity index (χ0v) is 17.1. The summed E-state index contributed by atoms with van der Waals surface area (Å²) in [5.74, 6) is 0. The van der Waals surface area contributed by atoms with Crippen molar-refractivity contribution in [3.05, 3.63) is 127 Å². The molecule has 0 unspecified atom stereocenters. The molecule has 0 fully saturated rings. The fourth-order valence-corrected chi connectivity index (χ4v) is 4.53. The minimum Gasteiger partial charge on any atom is -0.309 e. The van der Waals surface area contributed by atoms with E-state index in [0.29, 0.717) is 0 Å². The van der Waals surface area contributed by atoms with Gasteiger partial charge in [0.05, 0.1) is 5.69 Å². The third kappa shape index (κ3) is 3.03. The van der Waals surface area contributed by atoms with Gasteiger partial charge in [-0.25, -0.2) is 0 Å². The van der Waals surface area contributed by atoms with E-state index < -0.39 is 0 Å². The Hall–Kier alpha value is -4.10. The van der Waals surface area contributed by atoms with Crippen molar-refractivity contribution >= 4 is 49.4 Å². The van der Waals surface area contributed by atoms with Crippen molar-refractivity contribution in [1.29, 1.82) is 0 Å². The van der Waals surface area contributed by atoms with Gasteiger partial charge in [-0.1, -0.05) is 97.1 Å². The molecule has 0 aliphatic carbocycles. The van der Waals surface area contributed by atoms with Crippen LogP contribution >= 0.6 is 0 Å². The van der Waals surface area contributed by atoms with Gasteiger partial charge in [0.15, 0.2) is 0 Å². The largest absolute Gasteiger partial charge is 0.309 e. The number of para-hydroxylation sites is 1. The van der Waals surface area contributed by atoms with Crippen molar-refractivity contribution in [2.45, 2.75) is 0 Å². The minimum atomic E-state index is 1.15. The standard InChI is InChI=1S/C30H21N/c1-2-14-26(15-3-1)31(27-19-18-22-10-4-5-11-23(22)21-27)30-28-16-8-6-12-24(28)20-25-13-7-9-17-29(25)30/h1-21H. The Labute approximate surface area is 181 Å². The van der Waals surface area contributed by atoms with E-state index in [1.807, 2.05) is 0 Å². The van der Waals surface area contributed by atoms with Crippen LogP contribution in [0.2, 0.25) is 0 Å². The highest BCUT2D eigenvalue weighted by Crippen LogP contribution is 2.44. The Bertz CT molecular complexity index is 1480. The fraction of sp³-hybridized carbons (Fsp3) is 0. The van der Waals surface area contributed by atoms with Crippen molar-refractivity contribution < 1.29 is 0 Å². The van der Waals surface area contributed by atoms with Gasteiger partial charge >= 0.3 is 0 Å². The van der Waals surface area contributed by atoms with Gasteiger partial charge in [-0.05, 0) is 51.9 Å². The molecule has 0 aliphatic heterocycles. The summed E-state index contributed by atoms with van der Waals surface area (Å²) in [5, 5.41) is 7.49. The van der Waals surface area contributed by atoms with E-state index in [4.69, 9.17) is 0 Å². The molecule has 0 atom stereocenters. The lowest BCUT2D eigenvalue weighted by atomic mass is 9.98. The van der Waals surface area contributed by atoms with Crippen LogP contribution in [0.15, 0.2) is 127 Å². The molecule has 0 heterocycles. The molecule has 0 saturated carbocycles. The van der Waals surface area contributed by atoms with Gasteiger partial charge < -0.3 is 4.90 Å². The predicted molar refractivity (Wildman–Crippen MR) is 134 cm³/mol. The van der Waals surface area contributed by atoms with Crippen LogP contribution in [0.25, 0.3) is 32.3 Å². The number of nitrogens with zero attached hydrogens (tertiary/aromatic N) is 1. The topological polar surface area (TPSA) is 3.24 Å². The predicted octanol–water partition coefficient (Wildman–Crippen LogP) is 8.62. The van der Waals surface area contributed by atoms with Gasteiger partial charge in [-0.2, -0.15) is 0 Å².